The number of hydrogen-bond donors (Lipinski definition) is 1. The smallest absolute Gasteiger partial charge is 0.312 e. The van der Waals surface area contributed by atoms with Gasteiger partial charge in [0.2, 0.25) is 0 Å². The molecular weight excluding hydrogens is 299 g/mol. The van der Waals surface area contributed by atoms with Crippen LogP contribution in [-0.2, 0) is 11.3 Å². The molecule has 0 saturated carbocycles. The van der Waals surface area contributed by atoms with E-state index < -0.39 is 11.9 Å². The summed E-state index contributed by atoms with van der Waals surface area (Å²) in [5, 5.41) is 10.2. The van der Waals surface area contributed by atoms with Crippen molar-refractivity contribution in [2.24, 2.45) is 0 Å². The maximum atomic E-state index is 11.3. The van der Waals surface area contributed by atoms with Gasteiger partial charge >= 0.3 is 5.97 Å². The summed E-state index contributed by atoms with van der Waals surface area (Å²) in [5.41, 5.74) is 1.49. The van der Waals surface area contributed by atoms with Crippen molar-refractivity contribution in [3.05, 3.63) is 40.1 Å². The first kappa shape index (κ1) is 13.5. The van der Waals surface area contributed by atoms with Crippen molar-refractivity contribution in [2.45, 2.75) is 25.3 Å². The van der Waals surface area contributed by atoms with Crippen LogP contribution in [0.2, 0.25) is 10.2 Å². The van der Waals surface area contributed by atoms with E-state index in [2.05, 4.69) is 4.98 Å². The molecule has 2 aromatic rings. The first-order valence-electron chi connectivity index (χ1n) is 6.32. The molecule has 0 aliphatic carbocycles. The van der Waals surface area contributed by atoms with Gasteiger partial charge in [-0.15, -0.1) is 0 Å². The van der Waals surface area contributed by atoms with Gasteiger partial charge in [0, 0.05) is 17.1 Å². The van der Waals surface area contributed by atoms with E-state index in [1.165, 1.54) is 0 Å². The van der Waals surface area contributed by atoms with Crippen LogP contribution in [0.25, 0.3) is 11.4 Å². The highest BCUT2D eigenvalue weighted by Gasteiger charge is 2.32. The SMILES string of the molecule is O=C(O)C1CCCn2c(-c3ccc(Cl)cc3)nc(Cl)c21. The summed E-state index contributed by atoms with van der Waals surface area (Å²) < 4.78 is 1.91. The number of rotatable bonds is 2. The maximum absolute atomic E-state index is 11.3. The average molecular weight is 311 g/mol. The molecule has 0 saturated heterocycles. The predicted octanol–water partition coefficient (Wildman–Crippen LogP) is 3.82. The lowest BCUT2D eigenvalue weighted by atomic mass is 9.96. The van der Waals surface area contributed by atoms with E-state index in [1.807, 2.05) is 16.7 Å². The molecule has 1 aliphatic heterocycles. The van der Waals surface area contributed by atoms with Gasteiger partial charge in [0.25, 0.3) is 0 Å². The zero-order valence-corrected chi connectivity index (χ0v) is 12.0. The Bertz CT molecular complexity index is 665. The largest absolute Gasteiger partial charge is 0.481 e. The number of aromatic nitrogens is 2. The van der Waals surface area contributed by atoms with Crippen molar-refractivity contribution in [3.8, 4) is 11.4 Å². The topological polar surface area (TPSA) is 55.1 Å². The van der Waals surface area contributed by atoms with Crippen LogP contribution >= 0.6 is 23.2 Å². The summed E-state index contributed by atoms with van der Waals surface area (Å²) in [7, 11) is 0. The molecule has 0 radical (unpaired) electrons. The highest BCUT2D eigenvalue weighted by Crippen LogP contribution is 2.37. The van der Waals surface area contributed by atoms with Gasteiger partial charge in [-0.1, -0.05) is 23.2 Å². The Hall–Kier alpha value is -1.52. The number of halogens is 2. The fourth-order valence-corrected chi connectivity index (χ4v) is 3.08. The van der Waals surface area contributed by atoms with E-state index >= 15 is 0 Å². The van der Waals surface area contributed by atoms with Crippen LogP contribution in [0.1, 0.15) is 24.5 Å². The fraction of sp³-hybridized carbons (Fsp3) is 0.286. The molecule has 1 atom stereocenters. The number of aliphatic carboxylic acids is 1. The fourth-order valence-electron chi connectivity index (χ4n) is 2.64. The monoisotopic (exact) mass is 310 g/mol. The molecule has 104 valence electrons. The second kappa shape index (κ2) is 5.11. The molecule has 2 heterocycles. The number of nitrogens with zero attached hydrogens (tertiary/aromatic N) is 2. The Morgan fingerprint density at radius 1 is 1.30 bits per heavy atom. The van der Waals surface area contributed by atoms with E-state index in [4.69, 9.17) is 23.2 Å². The normalized spacial score (nSPS) is 17.8. The average Bonchev–Trinajstić information content (AvgIpc) is 2.77. The Kier molecular flexibility index (Phi) is 3.44. The second-order valence-electron chi connectivity index (χ2n) is 4.80. The quantitative estimate of drug-likeness (QED) is 0.917. The number of benzene rings is 1. The van der Waals surface area contributed by atoms with Crippen LogP contribution in [0.15, 0.2) is 24.3 Å². The molecule has 1 unspecified atom stereocenters. The summed E-state index contributed by atoms with van der Waals surface area (Å²) in [6, 6.07) is 7.28. The van der Waals surface area contributed by atoms with Gasteiger partial charge in [0.1, 0.15) is 11.7 Å². The summed E-state index contributed by atoms with van der Waals surface area (Å²) in [6.07, 6.45) is 1.40. The third kappa shape index (κ3) is 2.19. The Labute approximate surface area is 126 Å². The third-order valence-electron chi connectivity index (χ3n) is 3.57. The van der Waals surface area contributed by atoms with E-state index in [0.717, 1.165) is 18.5 Å². The first-order valence-corrected chi connectivity index (χ1v) is 7.08. The van der Waals surface area contributed by atoms with Crippen LogP contribution in [-0.4, -0.2) is 20.6 Å². The maximum Gasteiger partial charge on any atom is 0.312 e. The molecular formula is C14H12Cl2N2O2. The summed E-state index contributed by atoms with van der Waals surface area (Å²) in [6.45, 7) is 0.733. The molecule has 6 heteroatoms. The molecule has 1 aliphatic rings. The van der Waals surface area contributed by atoms with Crippen molar-refractivity contribution in [2.75, 3.05) is 0 Å². The molecule has 3 rings (SSSR count). The highest BCUT2D eigenvalue weighted by molar-refractivity contribution is 6.31. The molecule has 4 nitrogen and oxygen atoms in total. The van der Waals surface area contributed by atoms with Crippen LogP contribution in [0, 0.1) is 0 Å². The van der Waals surface area contributed by atoms with Gasteiger partial charge in [-0.3, -0.25) is 4.79 Å². The number of fused-ring (bicyclic) bond motifs is 1. The van der Waals surface area contributed by atoms with Gasteiger partial charge in [-0.05, 0) is 37.1 Å². The zero-order valence-electron chi connectivity index (χ0n) is 10.5. The molecule has 1 aromatic carbocycles. The number of carboxylic acids is 1. The van der Waals surface area contributed by atoms with Crippen LogP contribution in [0.3, 0.4) is 0 Å². The number of carboxylic acid groups (broad SMARTS) is 1. The zero-order chi connectivity index (χ0) is 14.3. The molecule has 20 heavy (non-hydrogen) atoms. The summed E-state index contributed by atoms with van der Waals surface area (Å²) in [4.78, 5) is 15.7. The van der Waals surface area contributed by atoms with Crippen molar-refractivity contribution in [1.82, 2.24) is 9.55 Å². The van der Waals surface area contributed by atoms with E-state index in [-0.39, 0.29) is 5.15 Å². The first-order chi connectivity index (χ1) is 9.58. The molecule has 0 spiro atoms. The lowest BCUT2D eigenvalue weighted by Crippen LogP contribution is -2.22. The minimum absolute atomic E-state index is 0.280. The van der Waals surface area contributed by atoms with Crippen LogP contribution in [0.4, 0.5) is 0 Å². The van der Waals surface area contributed by atoms with Crippen LogP contribution in [0.5, 0.6) is 0 Å². The van der Waals surface area contributed by atoms with Crippen molar-refractivity contribution in [1.29, 1.82) is 0 Å². The second-order valence-corrected chi connectivity index (χ2v) is 5.60. The van der Waals surface area contributed by atoms with Gasteiger partial charge in [-0.2, -0.15) is 0 Å². The molecule has 1 N–H and O–H groups in total. The van der Waals surface area contributed by atoms with Crippen molar-refractivity contribution >= 4 is 29.2 Å². The Morgan fingerprint density at radius 3 is 2.65 bits per heavy atom. The van der Waals surface area contributed by atoms with Crippen molar-refractivity contribution < 1.29 is 9.90 Å². The van der Waals surface area contributed by atoms with Crippen LogP contribution < -0.4 is 0 Å². The van der Waals surface area contributed by atoms with E-state index in [1.54, 1.807) is 12.1 Å². The highest BCUT2D eigenvalue weighted by atomic mass is 35.5. The van der Waals surface area contributed by atoms with Gasteiger partial charge in [0.15, 0.2) is 5.15 Å². The third-order valence-corrected chi connectivity index (χ3v) is 4.10. The molecule has 0 fully saturated rings. The van der Waals surface area contributed by atoms with E-state index in [0.29, 0.717) is 23.0 Å². The Morgan fingerprint density at radius 2 is 2.00 bits per heavy atom. The molecule has 1 aromatic heterocycles. The minimum atomic E-state index is -0.851. The molecule has 0 amide bonds. The Balaban J connectivity index is 2.13. The number of imidazole rings is 1. The van der Waals surface area contributed by atoms with Crippen molar-refractivity contribution in [3.63, 3.8) is 0 Å². The number of carbonyl (C=O) groups is 1. The van der Waals surface area contributed by atoms with Gasteiger partial charge < -0.3 is 9.67 Å². The lowest BCUT2D eigenvalue weighted by Gasteiger charge is -2.22. The lowest BCUT2D eigenvalue weighted by molar-refractivity contribution is -0.139. The summed E-state index contributed by atoms with van der Waals surface area (Å²) >= 11 is 12.0. The summed E-state index contributed by atoms with van der Waals surface area (Å²) in [5.74, 6) is -0.729. The van der Waals surface area contributed by atoms with E-state index in [9.17, 15) is 9.90 Å². The minimum Gasteiger partial charge on any atom is -0.481 e. The standard InChI is InChI=1S/C14H12Cl2N2O2/c15-9-5-3-8(4-6-9)13-17-12(16)11-10(14(19)20)2-1-7-18(11)13/h3-6,10H,1-2,7H2,(H,19,20). The van der Waals surface area contributed by atoms with Gasteiger partial charge in [0.05, 0.1) is 5.69 Å². The number of hydrogen-bond acceptors (Lipinski definition) is 2. The predicted molar refractivity (Wildman–Crippen MR) is 77.3 cm³/mol. The van der Waals surface area contributed by atoms with Gasteiger partial charge in [-0.25, -0.2) is 4.98 Å². The molecule has 0 bridgehead atoms.